The van der Waals surface area contributed by atoms with Crippen LogP contribution in [0.3, 0.4) is 0 Å². The number of carbonyl (C=O) groups excluding carboxylic acids is 1. The third kappa shape index (κ3) is 5.82. The number of hydrogen-bond donors (Lipinski definition) is 2. The Bertz CT molecular complexity index is 797. The molecule has 26 heavy (non-hydrogen) atoms. The Morgan fingerprint density at radius 1 is 1.19 bits per heavy atom. The zero-order valence-corrected chi connectivity index (χ0v) is 15.9. The van der Waals surface area contributed by atoms with E-state index in [0.29, 0.717) is 40.5 Å². The Morgan fingerprint density at radius 2 is 2.00 bits per heavy atom. The van der Waals surface area contributed by atoms with Crippen molar-refractivity contribution in [1.29, 1.82) is 0 Å². The first-order chi connectivity index (χ1) is 12.5. The second-order valence-electron chi connectivity index (χ2n) is 5.14. The van der Waals surface area contributed by atoms with Gasteiger partial charge in [-0.05, 0) is 30.3 Å². The van der Waals surface area contributed by atoms with Crippen molar-refractivity contribution in [2.24, 2.45) is 0 Å². The van der Waals surface area contributed by atoms with E-state index in [9.17, 15) is 4.79 Å². The van der Waals surface area contributed by atoms with Crippen LogP contribution in [0.2, 0.25) is 10.0 Å². The molecule has 0 spiro atoms. The fourth-order valence-electron chi connectivity index (χ4n) is 2.11. The van der Waals surface area contributed by atoms with E-state index in [4.69, 9.17) is 32.7 Å². The molecular formula is C18H19Cl2N3O3. The normalized spacial score (nSPS) is 10.6. The average molecular weight is 396 g/mol. The Balaban J connectivity index is 1.84. The number of methoxy groups -OCH3 is 2. The fraction of sp³-hybridized carbons (Fsp3) is 0.222. The Kier molecular flexibility index (Phi) is 7.56. The van der Waals surface area contributed by atoms with Gasteiger partial charge in [0.25, 0.3) is 0 Å². The largest absolute Gasteiger partial charge is 0.497 e. The van der Waals surface area contributed by atoms with Crippen molar-refractivity contribution < 1.29 is 14.3 Å². The van der Waals surface area contributed by atoms with Gasteiger partial charge in [0.05, 0.1) is 24.3 Å². The monoisotopic (exact) mass is 395 g/mol. The van der Waals surface area contributed by atoms with Crippen LogP contribution in [0.5, 0.6) is 11.5 Å². The quantitative estimate of drug-likeness (QED) is 0.527. The molecule has 1 aromatic heterocycles. The summed E-state index contributed by atoms with van der Waals surface area (Å²) < 4.78 is 10.4. The molecule has 0 saturated carbocycles. The number of anilines is 1. The molecule has 0 fully saturated rings. The molecule has 2 aromatic rings. The summed E-state index contributed by atoms with van der Waals surface area (Å²) in [7, 11) is 3.15. The van der Waals surface area contributed by atoms with Gasteiger partial charge in [-0.25, -0.2) is 4.98 Å². The summed E-state index contributed by atoms with van der Waals surface area (Å²) in [5.74, 6) is 1.62. The van der Waals surface area contributed by atoms with Crippen molar-refractivity contribution in [1.82, 2.24) is 10.3 Å². The van der Waals surface area contributed by atoms with E-state index in [-0.39, 0.29) is 5.91 Å². The third-order valence-corrected chi connectivity index (χ3v) is 3.87. The van der Waals surface area contributed by atoms with Gasteiger partial charge in [0.2, 0.25) is 5.91 Å². The number of carbonyl (C=O) groups is 1. The van der Waals surface area contributed by atoms with Crippen LogP contribution in [0.1, 0.15) is 5.56 Å². The van der Waals surface area contributed by atoms with E-state index in [1.165, 1.54) is 12.3 Å². The van der Waals surface area contributed by atoms with Gasteiger partial charge in [0.1, 0.15) is 17.3 Å². The zero-order chi connectivity index (χ0) is 18.9. The smallest absolute Gasteiger partial charge is 0.244 e. The zero-order valence-electron chi connectivity index (χ0n) is 14.4. The van der Waals surface area contributed by atoms with Crippen LogP contribution in [-0.4, -0.2) is 38.2 Å². The molecular weight excluding hydrogens is 377 g/mol. The highest BCUT2D eigenvalue weighted by Crippen LogP contribution is 2.25. The first-order valence-electron chi connectivity index (χ1n) is 7.76. The van der Waals surface area contributed by atoms with E-state index < -0.39 is 0 Å². The van der Waals surface area contributed by atoms with Gasteiger partial charge >= 0.3 is 0 Å². The molecule has 0 unspecified atom stereocenters. The highest BCUT2D eigenvalue weighted by atomic mass is 35.5. The number of hydrogen-bond acceptors (Lipinski definition) is 5. The number of nitrogens with one attached hydrogen (secondary N) is 2. The molecule has 8 heteroatoms. The Hall–Kier alpha value is -2.44. The van der Waals surface area contributed by atoms with E-state index >= 15 is 0 Å². The first-order valence-corrected chi connectivity index (χ1v) is 8.52. The lowest BCUT2D eigenvalue weighted by Gasteiger charge is -2.08. The van der Waals surface area contributed by atoms with Crippen LogP contribution in [-0.2, 0) is 4.79 Å². The second-order valence-corrected chi connectivity index (χ2v) is 5.99. The highest BCUT2D eigenvalue weighted by molar-refractivity contribution is 6.35. The van der Waals surface area contributed by atoms with Gasteiger partial charge in [-0.2, -0.15) is 0 Å². The summed E-state index contributed by atoms with van der Waals surface area (Å²) in [6.07, 6.45) is 4.60. The molecule has 1 aromatic carbocycles. The fourth-order valence-corrected chi connectivity index (χ4v) is 2.55. The lowest BCUT2D eigenvalue weighted by Crippen LogP contribution is -2.27. The molecule has 138 valence electrons. The van der Waals surface area contributed by atoms with Gasteiger partial charge in [0.15, 0.2) is 0 Å². The number of benzene rings is 1. The maximum Gasteiger partial charge on any atom is 0.244 e. The standard InChI is InChI=1S/C18H19Cl2N3O3/c1-25-14-4-5-16(26-2)12(9-14)3-6-17(24)21-7-8-22-18-15(20)10-13(19)11-23-18/h3-6,9-11H,7-8H2,1-2H3,(H,21,24)(H,22,23). The summed E-state index contributed by atoms with van der Waals surface area (Å²) in [5, 5.41) is 6.68. The van der Waals surface area contributed by atoms with Crippen molar-refractivity contribution in [3.63, 3.8) is 0 Å². The summed E-state index contributed by atoms with van der Waals surface area (Å²) in [6, 6.07) is 6.96. The third-order valence-electron chi connectivity index (χ3n) is 3.38. The number of halogens is 2. The number of pyridine rings is 1. The predicted octanol–water partition coefficient (Wildman–Crippen LogP) is 3.65. The van der Waals surface area contributed by atoms with E-state index in [1.54, 1.807) is 44.6 Å². The number of aromatic nitrogens is 1. The van der Waals surface area contributed by atoms with E-state index in [2.05, 4.69) is 15.6 Å². The van der Waals surface area contributed by atoms with Crippen LogP contribution in [0, 0.1) is 0 Å². The molecule has 0 aliphatic rings. The van der Waals surface area contributed by atoms with Crippen LogP contribution in [0.25, 0.3) is 6.08 Å². The minimum atomic E-state index is -0.230. The van der Waals surface area contributed by atoms with Gasteiger partial charge in [-0.15, -0.1) is 0 Å². The van der Waals surface area contributed by atoms with Crippen molar-refractivity contribution >= 4 is 41.0 Å². The van der Waals surface area contributed by atoms with Crippen molar-refractivity contribution in [3.8, 4) is 11.5 Å². The lowest BCUT2D eigenvalue weighted by atomic mass is 10.1. The molecule has 2 N–H and O–H groups in total. The maximum absolute atomic E-state index is 11.9. The molecule has 0 aliphatic carbocycles. The summed E-state index contributed by atoms with van der Waals surface area (Å²) >= 11 is 11.8. The first kappa shape index (κ1) is 19.9. The number of ether oxygens (including phenoxy) is 2. The Morgan fingerprint density at radius 3 is 2.69 bits per heavy atom. The lowest BCUT2D eigenvalue weighted by molar-refractivity contribution is -0.116. The molecule has 6 nitrogen and oxygen atoms in total. The molecule has 0 atom stereocenters. The van der Waals surface area contributed by atoms with Gasteiger partial charge in [-0.1, -0.05) is 23.2 Å². The van der Waals surface area contributed by atoms with Crippen molar-refractivity contribution in [2.75, 3.05) is 32.6 Å². The summed E-state index contributed by atoms with van der Waals surface area (Å²) in [5.41, 5.74) is 0.747. The highest BCUT2D eigenvalue weighted by Gasteiger charge is 2.04. The molecule has 0 radical (unpaired) electrons. The van der Waals surface area contributed by atoms with Gasteiger partial charge in [0, 0.05) is 30.9 Å². The average Bonchev–Trinajstić information content (AvgIpc) is 2.64. The molecule has 2 rings (SSSR count). The molecule has 0 aliphatic heterocycles. The van der Waals surface area contributed by atoms with Gasteiger partial charge in [-0.3, -0.25) is 4.79 Å². The topological polar surface area (TPSA) is 72.5 Å². The maximum atomic E-state index is 11.9. The predicted molar refractivity (Wildman–Crippen MR) is 104 cm³/mol. The van der Waals surface area contributed by atoms with Crippen LogP contribution < -0.4 is 20.1 Å². The molecule has 0 saturated heterocycles. The minimum Gasteiger partial charge on any atom is -0.497 e. The van der Waals surface area contributed by atoms with Crippen LogP contribution >= 0.6 is 23.2 Å². The van der Waals surface area contributed by atoms with Gasteiger partial charge < -0.3 is 20.1 Å². The minimum absolute atomic E-state index is 0.230. The van der Waals surface area contributed by atoms with E-state index in [1.807, 2.05) is 0 Å². The summed E-state index contributed by atoms with van der Waals surface area (Å²) in [6.45, 7) is 0.871. The number of rotatable bonds is 8. The Labute approximate surface area is 162 Å². The summed E-state index contributed by atoms with van der Waals surface area (Å²) in [4.78, 5) is 16.0. The molecule has 1 heterocycles. The second kappa shape index (κ2) is 9.89. The van der Waals surface area contributed by atoms with E-state index in [0.717, 1.165) is 5.56 Å². The van der Waals surface area contributed by atoms with Crippen molar-refractivity contribution in [2.45, 2.75) is 0 Å². The SMILES string of the molecule is COc1ccc(OC)c(C=CC(=O)NCCNc2ncc(Cl)cc2Cl)c1. The molecule has 0 bridgehead atoms. The van der Waals surface area contributed by atoms with Crippen molar-refractivity contribution in [3.05, 3.63) is 52.1 Å². The number of amides is 1. The number of nitrogens with zero attached hydrogens (tertiary/aromatic N) is 1. The van der Waals surface area contributed by atoms with Crippen LogP contribution in [0.15, 0.2) is 36.5 Å². The van der Waals surface area contributed by atoms with Crippen LogP contribution in [0.4, 0.5) is 5.82 Å². The molecule has 1 amide bonds.